The van der Waals surface area contributed by atoms with Crippen molar-refractivity contribution in [1.29, 1.82) is 0 Å². The van der Waals surface area contributed by atoms with Gasteiger partial charge in [-0.1, -0.05) is 30.3 Å². The van der Waals surface area contributed by atoms with E-state index in [0.717, 1.165) is 4.31 Å². The van der Waals surface area contributed by atoms with Crippen LogP contribution in [0.2, 0.25) is 0 Å². The number of hydrogen-bond donors (Lipinski definition) is 2. The number of hydrogen-bond acceptors (Lipinski definition) is 8. The first-order valence-corrected chi connectivity index (χ1v) is 12.8. The lowest BCUT2D eigenvalue weighted by molar-refractivity contribution is -0.121. The fraction of sp³-hybridized carbons (Fsp3) is 0.231. The Morgan fingerprint density at radius 3 is 2.41 bits per heavy atom. The van der Waals surface area contributed by atoms with Crippen LogP contribution in [0.5, 0.6) is 23.0 Å². The summed E-state index contributed by atoms with van der Waals surface area (Å²) in [7, 11) is -1.24. The molecule has 1 amide bonds. The maximum atomic E-state index is 13.5. The van der Waals surface area contributed by atoms with E-state index >= 15 is 0 Å². The second kappa shape index (κ2) is 12.7. The summed E-state index contributed by atoms with van der Waals surface area (Å²) in [5, 5.41) is 13.7. The molecule has 0 aliphatic carbocycles. The molecule has 0 spiro atoms. The second-order valence-corrected chi connectivity index (χ2v) is 9.67. The first-order valence-electron chi connectivity index (χ1n) is 11.3. The van der Waals surface area contributed by atoms with Crippen LogP contribution in [0.1, 0.15) is 18.1 Å². The van der Waals surface area contributed by atoms with E-state index in [4.69, 9.17) is 14.2 Å². The largest absolute Gasteiger partial charge is 0.504 e. The zero-order valence-electron chi connectivity index (χ0n) is 20.7. The average molecular weight is 528 g/mol. The maximum absolute atomic E-state index is 13.5. The van der Waals surface area contributed by atoms with Gasteiger partial charge >= 0.3 is 0 Å². The van der Waals surface area contributed by atoms with Gasteiger partial charge in [-0.05, 0) is 48.4 Å². The maximum Gasteiger partial charge on any atom is 0.255 e. The van der Waals surface area contributed by atoms with Crippen LogP contribution < -0.4 is 19.6 Å². The Labute approximate surface area is 216 Å². The summed E-state index contributed by atoms with van der Waals surface area (Å²) in [6, 6.07) is 17.8. The van der Waals surface area contributed by atoms with Crippen LogP contribution in [0.25, 0.3) is 0 Å². The smallest absolute Gasteiger partial charge is 0.255 e. The Kier molecular flexibility index (Phi) is 9.47. The van der Waals surface area contributed by atoms with Gasteiger partial charge in [-0.15, -0.1) is 0 Å². The van der Waals surface area contributed by atoms with Crippen molar-refractivity contribution in [3.8, 4) is 23.0 Å². The summed E-state index contributed by atoms with van der Waals surface area (Å²) in [4.78, 5) is 12.7. The number of carbonyl (C=O) groups is 1. The molecule has 3 aromatic rings. The third-order valence-corrected chi connectivity index (χ3v) is 6.99. The molecule has 0 atom stereocenters. The van der Waals surface area contributed by atoms with E-state index in [1.165, 1.54) is 44.7 Å². The molecule has 0 saturated carbocycles. The number of amides is 1. The van der Waals surface area contributed by atoms with Gasteiger partial charge in [0.1, 0.15) is 0 Å². The van der Waals surface area contributed by atoms with Gasteiger partial charge in [0.25, 0.3) is 5.91 Å². The van der Waals surface area contributed by atoms with E-state index < -0.39 is 22.5 Å². The molecule has 3 rings (SSSR count). The summed E-state index contributed by atoms with van der Waals surface area (Å²) in [6.07, 6.45) is 1.37. The van der Waals surface area contributed by atoms with E-state index in [0.29, 0.717) is 23.5 Å². The van der Waals surface area contributed by atoms with Crippen molar-refractivity contribution in [1.82, 2.24) is 9.73 Å². The number of phenolic OH excluding ortho intramolecular Hbond substituents is 1. The first kappa shape index (κ1) is 27.5. The SMILES string of the molecule is CCOc1cc(/C=N\NC(=O)CN(Cc2ccccc2)S(=O)(=O)c2ccc(OC)c(OC)c2)ccc1O. The van der Waals surface area contributed by atoms with Crippen molar-refractivity contribution in [3.63, 3.8) is 0 Å². The third kappa shape index (κ3) is 7.21. The minimum atomic E-state index is -4.11. The summed E-state index contributed by atoms with van der Waals surface area (Å²) in [6.45, 7) is 1.64. The molecule has 37 heavy (non-hydrogen) atoms. The zero-order valence-corrected chi connectivity index (χ0v) is 21.6. The molecule has 0 radical (unpaired) electrons. The van der Waals surface area contributed by atoms with E-state index in [-0.39, 0.29) is 28.7 Å². The van der Waals surface area contributed by atoms with Crippen LogP contribution >= 0.6 is 0 Å². The Bertz CT molecular complexity index is 1350. The molecule has 10 nitrogen and oxygen atoms in total. The number of aromatic hydroxyl groups is 1. The molecular formula is C26H29N3O7S. The highest BCUT2D eigenvalue weighted by molar-refractivity contribution is 7.89. The molecule has 0 aliphatic rings. The van der Waals surface area contributed by atoms with Gasteiger partial charge in [-0.2, -0.15) is 9.41 Å². The highest BCUT2D eigenvalue weighted by atomic mass is 32.2. The second-order valence-electron chi connectivity index (χ2n) is 7.73. The summed E-state index contributed by atoms with van der Waals surface area (Å²) >= 11 is 0. The third-order valence-electron chi connectivity index (χ3n) is 5.20. The van der Waals surface area contributed by atoms with Crippen molar-refractivity contribution in [3.05, 3.63) is 77.9 Å². The predicted molar refractivity (Wildman–Crippen MR) is 139 cm³/mol. The van der Waals surface area contributed by atoms with Gasteiger partial charge in [0, 0.05) is 12.6 Å². The lowest BCUT2D eigenvalue weighted by atomic mass is 10.2. The fourth-order valence-electron chi connectivity index (χ4n) is 3.40. The predicted octanol–water partition coefficient (Wildman–Crippen LogP) is 3.15. The fourth-order valence-corrected chi connectivity index (χ4v) is 4.80. The number of sulfonamides is 1. The van der Waals surface area contributed by atoms with Gasteiger partial charge in [0.05, 0.1) is 38.5 Å². The van der Waals surface area contributed by atoms with E-state index in [9.17, 15) is 18.3 Å². The lowest BCUT2D eigenvalue weighted by Crippen LogP contribution is -2.39. The van der Waals surface area contributed by atoms with Crippen molar-refractivity contribution in [2.45, 2.75) is 18.4 Å². The summed E-state index contributed by atoms with van der Waals surface area (Å²) in [5.74, 6) is 0.260. The van der Waals surface area contributed by atoms with Gasteiger partial charge in [-0.3, -0.25) is 4.79 Å². The minimum Gasteiger partial charge on any atom is -0.504 e. The molecule has 3 aromatic carbocycles. The van der Waals surface area contributed by atoms with Crippen molar-refractivity contribution in [2.24, 2.45) is 5.10 Å². The number of carbonyl (C=O) groups excluding carboxylic acids is 1. The van der Waals surface area contributed by atoms with Gasteiger partial charge in [-0.25, -0.2) is 13.8 Å². The topological polar surface area (TPSA) is 127 Å². The van der Waals surface area contributed by atoms with E-state index in [1.807, 2.05) is 6.07 Å². The Morgan fingerprint density at radius 2 is 1.73 bits per heavy atom. The quantitative estimate of drug-likeness (QED) is 0.274. The Balaban J connectivity index is 1.81. The first-order chi connectivity index (χ1) is 17.8. The van der Waals surface area contributed by atoms with E-state index in [2.05, 4.69) is 10.5 Å². The summed E-state index contributed by atoms with van der Waals surface area (Å²) in [5.41, 5.74) is 3.63. The minimum absolute atomic E-state index is 0.0139. The van der Waals surface area contributed by atoms with Gasteiger partial charge < -0.3 is 19.3 Å². The van der Waals surface area contributed by atoms with E-state index in [1.54, 1.807) is 43.3 Å². The van der Waals surface area contributed by atoms with Crippen LogP contribution in [0.3, 0.4) is 0 Å². The number of nitrogens with zero attached hydrogens (tertiary/aromatic N) is 2. The number of phenols is 1. The normalized spacial score (nSPS) is 11.5. The van der Waals surface area contributed by atoms with Gasteiger partial charge in [0.15, 0.2) is 23.0 Å². The highest BCUT2D eigenvalue weighted by Gasteiger charge is 2.28. The molecule has 11 heteroatoms. The molecule has 196 valence electrons. The molecule has 0 fully saturated rings. The number of ether oxygens (including phenoxy) is 3. The standard InChI is InChI=1S/C26H29N3O7S/c1-4-36-24-14-20(10-12-22(24)30)16-27-28-26(31)18-29(17-19-8-6-5-7-9-19)37(32,33)21-11-13-23(34-2)25(15-21)35-3/h5-16,30H,4,17-18H2,1-3H3,(H,28,31)/b27-16-. The van der Waals surface area contributed by atoms with Crippen molar-refractivity contribution in [2.75, 3.05) is 27.4 Å². The molecule has 0 aromatic heterocycles. The number of hydrazone groups is 1. The van der Waals surface area contributed by atoms with Crippen molar-refractivity contribution >= 4 is 22.1 Å². The van der Waals surface area contributed by atoms with Gasteiger partial charge in [0.2, 0.25) is 10.0 Å². The molecule has 0 unspecified atom stereocenters. The highest BCUT2D eigenvalue weighted by Crippen LogP contribution is 2.31. The molecular weight excluding hydrogens is 498 g/mol. The molecule has 0 saturated heterocycles. The Hall–Kier alpha value is -4.09. The molecule has 0 bridgehead atoms. The average Bonchev–Trinajstić information content (AvgIpc) is 2.90. The number of methoxy groups -OCH3 is 2. The lowest BCUT2D eigenvalue weighted by Gasteiger charge is -2.22. The molecule has 0 heterocycles. The number of benzene rings is 3. The number of rotatable bonds is 12. The monoisotopic (exact) mass is 527 g/mol. The number of nitrogens with one attached hydrogen (secondary N) is 1. The molecule has 2 N–H and O–H groups in total. The zero-order chi connectivity index (χ0) is 26.8. The van der Waals surface area contributed by atoms with Crippen LogP contribution in [0.15, 0.2) is 76.7 Å². The van der Waals surface area contributed by atoms with Crippen LogP contribution in [-0.4, -0.2) is 57.3 Å². The van der Waals surface area contributed by atoms with Crippen LogP contribution in [0.4, 0.5) is 0 Å². The summed E-state index contributed by atoms with van der Waals surface area (Å²) < 4.78 is 43.9. The van der Waals surface area contributed by atoms with Crippen LogP contribution in [0, 0.1) is 0 Å². The van der Waals surface area contributed by atoms with Crippen LogP contribution in [-0.2, 0) is 21.4 Å². The van der Waals surface area contributed by atoms with Crippen molar-refractivity contribution < 1.29 is 32.5 Å². The Morgan fingerprint density at radius 1 is 1.00 bits per heavy atom. The molecule has 0 aliphatic heterocycles.